The maximum atomic E-state index is 13.6. The topological polar surface area (TPSA) is 115 Å². The lowest BCUT2D eigenvalue weighted by Crippen LogP contribution is -2.25. The number of ether oxygens (including phenoxy) is 1. The molecule has 0 saturated carbocycles. The Balaban J connectivity index is 1.46. The van der Waals surface area contributed by atoms with E-state index in [-0.39, 0.29) is 35.4 Å². The Morgan fingerprint density at radius 2 is 1.73 bits per heavy atom. The molecule has 206 valence electrons. The first-order valence-electron chi connectivity index (χ1n) is 11.9. The van der Waals surface area contributed by atoms with Gasteiger partial charge in [0.15, 0.2) is 11.0 Å². The highest BCUT2D eigenvalue weighted by atomic mass is 35.5. The van der Waals surface area contributed by atoms with Gasteiger partial charge >= 0.3 is 5.97 Å². The second kappa shape index (κ2) is 13.4. The Labute approximate surface area is 243 Å². The number of hydrogen-bond acceptors (Lipinski definition) is 7. The number of carbonyl (C=O) groups excluding carboxylic acids is 3. The normalized spacial score (nSPS) is 10.7. The molecule has 40 heavy (non-hydrogen) atoms. The van der Waals surface area contributed by atoms with Gasteiger partial charge in [-0.15, -0.1) is 10.2 Å². The van der Waals surface area contributed by atoms with Crippen LogP contribution in [-0.4, -0.2) is 44.9 Å². The van der Waals surface area contributed by atoms with Crippen LogP contribution >= 0.6 is 35.0 Å². The zero-order chi connectivity index (χ0) is 28.6. The molecule has 0 aliphatic rings. The Kier molecular flexibility index (Phi) is 9.75. The van der Waals surface area contributed by atoms with E-state index in [1.165, 1.54) is 36.4 Å². The maximum Gasteiger partial charge on any atom is 0.338 e. The molecule has 1 aromatic heterocycles. The average molecular weight is 602 g/mol. The van der Waals surface area contributed by atoms with Crippen LogP contribution in [0.1, 0.15) is 33.5 Å². The first-order chi connectivity index (χ1) is 19.2. The smallest absolute Gasteiger partial charge is 0.338 e. The summed E-state index contributed by atoms with van der Waals surface area (Å²) in [5.74, 6) is -1.31. The van der Waals surface area contributed by atoms with Crippen LogP contribution in [0.3, 0.4) is 0 Å². The number of rotatable bonds is 10. The summed E-state index contributed by atoms with van der Waals surface area (Å²) in [4.78, 5) is 37.1. The van der Waals surface area contributed by atoms with Gasteiger partial charge in [-0.25, -0.2) is 9.18 Å². The lowest BCUT2D eigenvalue weighted by atomic mass is 10.2. The quantitative estimate of drug-likeness (QED) is 0.181. The molecule has 0 aliphatic carbocycles. The van der Waals surface area contributed by atoms with Crippen molar-refractivity contribution in [3.8, 4) is 5.69 Å². The number of aromatic nitrogens is 3. The van der Waals surface area contributed by atoms with Crippen LogP contribution in [0.25, 0.3) is 5.69 Å². The Morgan fingerprint density at radius 3 is 2.40 bits per heavy atom. The van der Waals surface area contributed by atoms with Crippen molar-refractivity contribution in [1.29, 1.82) is 0 Å². The number of nitrogens with zero attached hydrogens (tertiary/aromatic N) is 3. The van der Waals surface area contributed by atoms with Crippen LogP contribution in [0.5, 0.6) is 0 Å². The second-order valence-corrected chi connectivity index (χ2v) is 9.94. The molecule has 2 amide bonds. The largest absolute Gasteiger partial charge is 0.462 e. The number of carbonyl (C=O) groups is 3. The second-order valence-electron chi connectivity index (χ2n) is 8.15. The van der Waals surface area contributed by atoms with E-state index in [0.717, 1.165) is 11.8 Å². The lowest BCUT2D eigenvalue weighted by molar-refractivity contribution is -0.113. The molecular weight excluding hydrogens is 580 g/mol. The molecule has 0 saturated heterocycles. The zero-order valence-electron chi connectivity index (χ0n) is 21.0. The highest BCUT2D eigenvalue weighted by Crippen LogP contribution is 2.24. The summed E-state index contributed by atoms with van der Waals surface area (Å²) in [7, 11) is 0. The van der Waals surface area contributed by atoms with Crippen molar-refractivity contribution >= 4 is 58.4 Å². The van der Waals surface area contributed by atoms with E-state index in [0.29, 0.717) is 32.9 Å². The fraction of sp³-hybridized carbons (Fsp3) is 0.148. The van der Waals surface area contributed by atoms with Crippen molar-refractivity contribution in [2.45, 2.75) is 18.6 Å². The van der Waals surface area contributed by atoms with Crippen LogP contribution in [0.2, 0.25) is 10.0 Å². The first-order valence-corrected chi connectivity index (χ1v) is 13.6. The molecule has 4 rings (SSSR count). The van der Waals surface area contributed by atoms with E-state index in [1.54, 1.807) is 41.8 Å². The number of hydrogen-bond donors (Lipinski definition) is 2. The van der Waals surface area contributed by atoms with Crippen molar-refractivity contribution in [2.24, 2.45) is 0 Å². The molecule has 0 radical (unpaired) electrons. The lowest BCUT2D eigenvalue weighted by Gasteiger charge is -2.12. The third-order valence-electron chi connectivity index (χ3n) is 5.38. The van der Waals surface area contributed by atoms with E-state index in [2.05, 4.69) is 20.8 Å². The molecule has 9 nitrogen and oxygen atoms in total. The van der Waals surface area contributed by atoms with E-state index in [1.807, 2.05) is 0 Å². The standard InChI is InChI=1S/C27H22Cl2FN5O4S/c1-2-39-26(38)16-3-8-19(9-4-16)32-24(36)15-40-27-34-33-23(35(27)20-10-6-18(30)7-11-20)14-31-25(37)21-12-5-17(28)13-22(21)29/h3-13H,2,14-15H2,1H3,(H,31,37)(H,32,36). The fourth-order valence-corrected chi connectivity index (χ4v) is 4.78. The molecule has 0 fully saturated rings. The molecule has 0 unspecified atom stereocenters. The minimum Gasteiger partial charge on any atom is -0.462 e. The number of halogens is 3. The van der Waals surface area contributed by atoms with Crippen LogP contribution in [0.15, 0.2) is 71.9 Å². The van der Waals surface area contributed by atoms with Crippen LogP contribution in [0, 0.1) is 5.82 Å². The zero-order valence-corrected chi connectivity index (χ0v) is 23.3. The van der Waals surface area contributed by atoms with Crippen LogP contribution in [0.4, 0.5) is 10.1 Å². The van der Waals surface area contributed by atoms with E-state index in [9.17, 15) is 18.8 Å². The van der Waals surface area contributed by atoms with E-state index < -0.39 is 17.7 Å². The van der Waals surface area contributed by atoms with Crippen molar-refractivity contribution in [3.05, 3.63) is 99.5 Å². The molecule has 0 spiro atoms. The van der Waals surface area contributed by atoms with Crippen molar-refractivity contribution in [3.63, 3.8) is 0 Å². The first kappa shape index (κ1) is 29.1. The molecule has 0 atom stereocenters. The SMILES string of the molecule is CCOC(=O)c1ccc(NC(=O)CSc2nnc(CNC(=O)c3ccc(Cl)cc3Cl)n2-c2ccc(F)cc2)cc1. The van der Waals surface area contributed by atoms with Gasteiger partial charge in [0.2, 0.25) is 5.91 Å². The van der Waals surface area contributed by atoms with Crippen LogP contribution in [-0.2, 0) is 16.1 Å². The Morgan fingerprint density at radius 1 is 1.00 bits per heavy atom. The molecule has 2 N–H and O–H groups in total. The average Bonchev–Trinajstić information content (AvgIpc) is 3.34. The third kappa shape index (κ3) is 7.38. The number of thioether (sulfide) groups is 1. The van der Waals surface area contributed by atoms with Gasteiger partial charge in [-0.1, -0.05) is 35.0 Å². The van der Waals surface area contributed by atoms with Gasteiger partial charge in [-0.2, -0.15) is 0 Å². The molecule has 0 bridgehead atoms. The highest BCUT2D eigenvalue weighted by Gasteiger charge is 2.18. The Hall–Kier alpha value is -3.93. The van der Waals surface area contributed by atoms with Gasteiger partial charge in [-0.3, -0.25) is 14.2 Å². The minimum atomic E-state index is -0.446. The molecule has 1 heterocycles. The monoisotopic (exact) mass is 601 g/mol. The van der Waals surface area contributed by atoms with E-state index >= 15 is 0 Å². The number of esters is 1. The number of nitrogens with one attached hydrogen (secondary N) is 2. The maximum absolute atomic E-state index is 13.6. The fourth-order valence-electron chi connectivity index (χ4n) is 3.52. The van der Waals surface area contributed by atoms with Crippen molar-refractivity contribution < 1.29 is 23.5 Å². The summed E-state index contributed by atoms with van der Waals surface area (Å²) in [6.45, 7) is 1.96. The molecule has 3 aromatic carbocycles. The van der Waals surface area contributed by atoms with Gasteiger partial charge in [0, 0.05) is 16.4 Å². The van der Waals surface area contributed by atoms with E-state index in [4.69, 9.17) is 27.9 Å². The van der Waals surface area contributed by atoms with Gasteiger partial charge in [-0.05, 0) is 73.7 Å². The molecular formula is C27H22Cl2FN5O4S. The van der Waals surface area contributed by atoms with Crippen molar-refractivity contribution in [2.75, 3.05) is 17.7 Å². The molecule has 0 aliphatic heterocycles. The minimum absolute atomic E-state index is 0.0221. The Bertz CT molecular complexity index is 1530. The third-order valence-corrected chi connectivity index (χ3v) is 6.86. The molecule has 4 aromatic rings. The summed E-state index contributed by atoms with van der Waals surface area (Å²) in [5.41, 5.74) is 1.65. The van der Waals surface area contributed by atoms with Crippen LogP contribution < -0.4 is 10.6 Å². The van der Waals surface area contributed by atoms with Gasteiger partial charge < -0.3 is 15.4 Å². The summed E-state index contributed by atoms with van der Waals surface area (Å²) >= 11 is 13.2. The predicted molar refractivity (Wildman–Crippen MR) is 151 cm³/mol. The number of amides is 2. The summed E-state index contributed by atoms with van der Waals surface area (Å²) in [6, 6.07) is 16.5. The van der Waals surface area contributed by atoms with Gasteiger partial charge in [0.05, 0.1) is 35.1 Å². The predicted octanol–water partition coefficient (Wildman–Crippen LogP) is 5.55. The highest BCUT2D eigenvalue weighted by molar-refractivity contribution is 7.99. The summed E-state index contributed by atoms with van der Waals surface area (Å²) < 4.78 is 20.2. The molecule has 13 heteroatoms. The summed E-state index contributed by atoms with van der Waals surface area (Å²) in [6.07, 6.45) is 0. The van der Waals surface area contributed by atoms with Crippen molar-refractivity contribution in [1.82, 2.24) is 20.1 Å². The number of anilines is 1. The summed E-state index contributed by atoms with van der Waals surface area (Å²) in [5, 5.41) is 14.8. The van der Waals surface area contributed by atoms with Gasteiger partial charge in [0.1, 0.15) is 5.82 Å². The van der Waals surface area contributed by atoms with Gasteiger partial charge in [0.25, 0.3) is 5.91 Å². The number of benzene rings is 3.